The van der Waals surface area contributed by atoms with Gasteiger partial charge < -0.3 is 10.1 Å². The van der Waals surface area contributed by atoms with Crippen LogP contribution >= 0.6 is 11.8 Å². The van der Waals surface area contributed by atoms with Gasteiger partial charge in [-0.1, -0.05) is 72.8 Å². The van der Waals surface area contributed by atoms with Gasteiger partial charge >= 0.3 is 0 Å². The number of carbonyl (C=O) groups is 1. The van der Waals surface area contributed by atoms with Crippen LogP contribution in [0, 0.1) is 0 Å². The van der Waals surface area contributed by atoms with Crippen LogP contribution < -0.4 is 10.1 Å². The molecule has 1 amide bonds. The van der Waals surface area contributed by atoms with E-state index in [0.29, 0.717) is 12.2 Å². The van der Waals surface area contributed by atoms with Gasteiger partial charge in [0.05, 0.1) is 11.9 Å². The van der Waals surface area contributed by atoms with Crippen molar-refractivity contribution < 1.29 is 9.53 Å². The molecule has 4 heteroatoms. The Kier molecular flexibility index (Phi) is 6.77. The number of carbonyl (C=O) groups excluding carboxylic acids is 1. The summed E-state index contributed by atoms with van der Waals surface area (Å²) in [5.41, 5.74) is 3.54. The summed E-state index contributed by atoms with van der Waals surface area (Å²) in [5, 5.41) is 2.72. The molecule has 3 nitrogen and oxygen atoms in total. The van der Waals surface area contributed by atoms with Crippen molar-refractivity contribution in [3.63, 3.8) is 0 Å². The Hall–Kier alpha value is -2.72. The Morgan fingerprint density at radius 3 is 1.82 bits per heavy atom. The van der Waals surface area contributed by atoms with Crippen LogP contribution in [0.2, 0.25) is 0 Å². The molecule has 0 aliphatic carbocycles. The largest absolute Gasteiger partial charge is 0.497 e. The molecular formula is C24H25NO2S. The number of thioether (sulfide) groups is 1. The lowest BCUT2D eigenvalue weighted by molar-refractivity contribution is -0.120. The van der Waals surface area contributed by atoms with Gasteiger partial charge in [-0.05, 0) is 28.8 Å². The fraction of sp³-hybridized carbons (Fsp3) is 0.208. The van der Waals surface area contributed by atoms with Gasteiger partial charge in [0.25, 0.3) is 0 Å². The van der Waals surface area contributed by atoms with Crippen molar-refractivity contribution in [2.45, 2.75) is 11.2 Å². The van der Waals surface area contributed by atoms with Gasteiger partial charge in [0.1, 0.15) is 5.75 Å². The molecule has 0 unspecified atom stereocenters. The van der Waals surface area contributed by atoms with Gasteiger partial charge in [-0.3, -0.25) is 4.79 Å². The minimum absolute atomic E-state index is 0.0530. The van der Waals surface area contributed by atoms with Gasteiger partial charge in [0.15, 0.2) is 0 Å². The molecule has 0 aromatic heterocycles. The van der Waals surface area contributed by atoms with E-state index in [9.17, 15) is 4.79 Å². The lowest BCUT2D eigenvalue weighted by atomic mass is 9.84. The lowest BCUT2D eigenvalue weighted by Crippen LogP contribution is -2.27. The molecule has 0 fully saturated rings. The number of rotatable bonds is 8. The predicted molar refractivity (Wildman–Crippen MR) is 117 cm³/mol. The minimum Gasteiger partial charge on any atom is -0.497 e. The Morgan fingerprint density at radius 1 is 0.857 bits per heavy atom. The fourth-order valence-electron chi connectivity index (χ4n) is 3.34. The molecule has 3 aromatic rings. The number of hydrogen-bond acceptors (Lipinski definition) is 3. The van der Waals surface area contributed by atoms with Crippen LogP contribution in [-0.2, 0) is 9.54 Å². The van der Waals surface area contributed by atoms with Crippen LogP contribution in [0.15, 0.2) is 84.9 Å². The van der Waals surface area contributed by atoms with Crippen LogP contribution in [0.4, 0.5) is 0 Å². The van der Waals surface area contributed by atoms with E-state index in [2.05, 4.69) is 66.0 Å². The zero-order valence-electron chi connectivity index (χ0n) is 16.2. The van der Waals surface area contributed by atoms with Crippen LogP contribution in [0.1, 0.15) is 23.1 Å². The van der Waals surface area contributed by atoms with E-state index in [1.807, 2.05) is 24.3 Å². The van der Waals surface area contributed by atoms with Crippen molar-refractivity contribution in [2.75, 3.05) is 19.9 Å². The monoisotopic (exact) mass is 391 g/mol. The predicted octanol–water partition coefficient (Wildman–Crippen LogP) is 4.86. The van der Waals surface area contributed by atoms with Crippen LogP contribution in [-0.4, -0.2) is 25.8 Å². The number of amides is 1. The molecule has 1 N–H and O–H groups in total. The SMILES string of the molecule is CNC(=O)CCSC(c1ccccc1)(c1ccccc1)c1ccc(OC)cc1. The van der Waals surface area contributed by atoms with Crippen molar-refractivity contribution >= 4 is 17.7 Å². The van der Waals surface area contributed by atoms with Crippen LogP contribution in [0.5, 0.6) is 5.75 Å². The molecule has 0 spiro atoms. The maximum Gasteiger partial charge on any atom is 0.220 e. The molecule has 28 heavy (non-hydrogen) atoms. The van der Waals surface area contributed by atoms with E-state index >= 15 is 0 Å². The molecule has 0 heterocycles. The molecular weight excluding hydrogens is 366 g/mol. The maximum atomic E-state index is 11.8. The van der Waals surface area contributed by atoms with Gasteiger partial charge in [0.2, 0.25) is 5.91 Å². The van der Waals surface area contributed by atoms with E-state index < -0.39 is 4.75 Å². The quantitative estimate of drug-likeness (QED) is 0.558. The molecule has 0 aliphatic heterocycles. The average Bonchev–Trinajstić information content (AvgIpc) is 2.78. The molecule has 0 saturated carbocycles. The summed E-state index contributed by atoms with van der Waals surface area (Å²) in [7, 11) is 3.35. The van der Waals surface area contributed by atoms with E-state index in [-0.39, 0.29) is 5.91 Å². The first kappa shape index (κ1) is 20.0. The first-order chi connectivity index (χ1) is 13.7. The summed E-state index contributed by atoms with van der Waals surface area (Å²) >= 11 is 1.78. The number of nitrogens with one attached hydrogen (secondary N) is 1. The van der Waals surface area contributed by atoms with E-state index in [4.69, 9.17) is 4.74 Å². The Balaban J connectivity index is 2.14. The highest BCUT2D eigenvalue weighted by Crippen LogP contribution is 2.48. The average molecular weight is 392 g/mol. The van der Waals surface area contributed by atoms with Gasteiger partial charge in [-0.2, -0.15) is 0 Å². The standard InChI is InChI=1S/C24H25NO2S/c1-25-23(26)17-18-28-24(19-9-5-3-6-10-19,20-11-7-4-8-12-20)21-13-15-22(27-2)16-14-21/h3-16H,17-18H2,1-2H3,(H,25,26). The van der Waals surface area contributed by atoms with Crippen molar-refractivity contribution in [1.29, 1.82) is 0 Å². The molecule has 0 radical (unpaired) electrons. The number of methoxy groups -OCH3 is 1. The number of ether oxygens (including phenoxy) is 1. The van der Waals surface area contributed by atoms with Gasteiger partial charge in [-0.15, -0.1) is 11.8 Å². The minimum atomic E-state index is -0.414. The Labute approximate surface area is 171 Å². The molecule has 0 atom stereocenters. The van der Waals surface area contributed by atoms with E-state index in [1.54, 1.807) is 25.9 Å². The lowest BCUT2D eigenvalue weighted by Gasteiger charge is -2.35. The first-order valence-electron chi connectivity index (χ1n) is 9.31. The highest BCUT2D eigenvalue weighted by molar-refractivity contribution is 8.00. The fourth-order valence-corrected chi connectivity index (χ4v) is 4.85. The molecule has 3 aromatic carbocycles. The molecule has 0 saturated heterocycles. The van der Waals surface area contributed by atoms with Crippen molar-refractivity contribution in [1.82, 2.24) is 5.32 Å². The highest BCUT2D eigenvalue weighted by atomic mass is 32.2. The molecule has 0 bridgehead atoms. The Bertz CT molecular complexity index is 840. The van der Waals surface area contributed by atoms with E-state index in [0.717, 1.165) is 11.3 Å². The topological polar surface area (TPSA) is 38.3 Å². The van der Waals surface area contributed by atoms with Crippen molar-refractivity contribution in [2.24, 2.45) is 0 Å². The summed E-state index contributed by atoms with van der Waals surface area (Å²) in [6.45, 7) is 0. The zero-order valence-corrected chi connectivity index (χ0v) is 17.0. The third-order valence-corrected chi connectivity index (χ3v) is 6.33. The number of benzene rings is 3. The highest BCUT2D eigenvalue weighted by Gasteiger charge is 2.36. The second kappa shape index (κ2) is 9.47. The smallest absolute Gasteiger partial charge is 0.220 e. The molecule has 144 valence electrons. The Morgan fingerprint density at radius 2 is 1.36 bits per heavy atom. The second-order valence-electron chi connectivity index (χ2n) is 6.41. The maximum absolute atomic E-state index is 11.8. The third-order valence-electron chi connectivity index (χ3n) is 4.78. The van der Waals surface area contributed by atoms with Crippen molar-refractivity contribution in [3.8, 4) is 5.75 Å². The van der Waals surface area contributed by atoms with Crippen molar-refractivity contribution in [3.05, 3.63) is 102 Å². The zero-order chi connectivity index (χ0) is 19.8. The van der Waals surface area contributed by atoms with Gasteiger partial charge in [0, 0.05) is 19.2 Å². The number of hydrogen-bond donors (Lipinski definition) is 1. The first-order valence-corrected chi connectivity index (χ1v) is 10.3. The molecule has 0 aliphatic rings. The second-order valence-corrected chi connectivity index (χ2v) is 7.72. The summed E-state index contributed by atoms with van der Waals surface area (Å²) in [6, 6.07) is 29.2. The molecule has 3 rings (SSSR count). The summed E-state index contributed by atoms with van der Waals surface area (Å²) in [4.78, 5) is 11.8. The summed E-state index contributed by atoms with van der Waals surface area (Å²) < 4.78 is 4.95. The van der Waals surface area contributed by atoms with Gasteiger partial charge in [-0.25, -0.2) is 0 Å². The van der Waals surface area contributed by atoms with Crippen LogP contribution in [0.3, 0.4) is 0 Å². The summed E-state index contributed by atoms with van der Waals surface area (Å²) in [6.07, 6.45) is 0.471. The van der Waals surface area contributed by atoms with E-state index in [1.165, 1.54) is 11.1 Å². The summed E-state index contributed by atoms with van der Waals surface area (Å²) in [5.74, 6) is 1.58. The third kappa shape index (κ3) is 4.23. The van der Waals surface area contributed by atoms with Crippen LogP contribution in [0.25, 0.3) is 0 Å². The normalized spacial score (nSPS) is 11.1.